The number of aromatic nitrogens is 1. The van der Waals surface area contributed by atoms with Crippen molar-refractivity contribution in [2.24, 2.45) is 0 Å². The van der Waals surface area contributed by atoms with Crippen LogP contribution in [-0.2, 0) is 11.2 Å². The number of nitrogens with two attached hydrogens (primary N) is 1. The summed E-state index contributed by atoms with van der Waals surface area (Å²) in [5, 5.41) is 9.12. The summed E-state index contributed by atoms with van der Waals surface area (Å²) in [5.74, 6) is 1.40. The maximum atomic E-state index is 11.1. The predicted octanol–water partition coefficient (Wildman–Crippen LogP) is 4.10. The number of nitrogen functional groups attached to an aromatic ring is 1. The maximum absolute atomic E-state index is 11.1. The number of benzene rings is 2. The Bertz CT molecular complexity index is 975. The largest absolute Gasteiger partial charge is 0.493 e. The number of nitrogens with zero attached hydrogens (tertiary/aromatic N) is 1. The minimum absolute atomic E-state index is 0.426. The van der Waals surface area contributed by atoms with E-state index in [0.29, 0.717) is 36.1 Å². The lowest BCUT2D eigenvalue weighted by molar-refractivity contribution is -0.152. The van der Waals surface area contributed by atoms with Crippen molar-refractivity contribution >= 4 is 11.7 Å². The van der Waals surface area contributed by atoms with Gasteiger partial charge in [0.2, 0.25) is 5.89 Å². The van der Waals surface area contributed by atoms with Crippen LogP contribution in [0.1, 0.15) is 25.3 Å². The Kier molecular flexibility index (Phi) is 5.77. The Labute approximate surface area is 169 Å². The minimum Gasteiger partial charge on any atom is -0.493 e. The fourth-order valence-corrected chi connectivity index (χ4v) is 2.62. The number of carbonyl (C=O) groups is 1. The molecule has 7 nitrogen and oxygen atoms in total. The van der Waals surface area contributed by atoms with E-state index in [1.807, 2.05) is 31.2 Å². The fraction of sp³-hybridized carbons (Fsp3) is 0.273. The molecule has 0 aliphatic rings. The van der Waals surface area contributed by atoms with Gasteiger partial charge >= 0.3 is 5.97 Å². The topological polar surface area (TPSA) is 108 Å². The quantitative estimate of drug-likeness (QED) is 0.552. The van der Waals surface area contributed by atoms with Crippen molar-refractivity contribution in [1.29, 1.82) is 0 Å². The molecule has 2 aromatic carbocycles. The van der Waals surface area contributed by atoms with Crippen LogP contribution in [0.2, 0.25) is 0 Å². The average Bonchev–Trinajstić information content (AvgIpc) is 3.04. The third-order valence-corrected chi connectivity index (χ3v) is 4.37. The normalized spacial score (nSPS) is 11.3. The zero-order valence-corrected chi connectivity index (χ0v) is 16.6. The van der Waals surface area contributed by atoms with Crippen molar-refractivity contribution in [1.82, 2.24) is 4.98 Å². The lowest BCUT2D eigenvalue weighted by Gasteiger charge is -2.21. The Morgan fingerprint density at radius 2 is 1.72 bits per heavy atom. The summed E-state index contributed by atoms with van der Waals surface area (Å²) in [5.41, 5.74) is 6.81. The predicted molar refractivity (Wildman–Crippen MR) is 109 cm³/mol. The molecular formula is C22H24N2O5. The highest BCUT2D eigenvalue weighted by Crippen LogP contribution is 2.24. The van der Waals surface area contributed by atoms with Gasteiger partial charge in [-0.15, -0.1) is 0 Å². The number of hydrogen-bond donors (Lipinski definition) is 2. The Morgan fingerprint density at radius 3 is 2.34 bits per heavy atom. The molecule has 0 saturated carbocycles. The van der Waals surface area contributed by atoms with Crippen molar-refractivity contribution in [3.8, 4) is 23.0 Å². The summed E-state index contributed by atoms with van der Waals surface area (Å²) in [6.07, 6.45) is 0.592. The number of carboxylic acids is 1. The number of ether oxygens (including phenoxy) is 2. The third kappa shape index (κ3) is 5.07. The SMILES string of the molecule is Cc1oc(-c2ccc(N)cc2)nc1CCOc1ccc(OC(C)(C)C(=O)O)cc1. The minimum atomic E-state index is -1.30. The number of oxazole rings is 1. The van der Waals surface area contributed by atoms with Gasteiger partial charge in [-0.25, -0.2) is 9.78 Å². The van der Waals surface area contributed by atoms with E-state index in [1.54, 1.807) is 24.3 Å². The summed E-state index contributed by atoms with van der Waals surface area (Å²) in [6, 6.07) is 14.2. The first-order valence-corrected chi connectivity index (χ1v) is 9.22. The molecule has 0 spiro atoms. The van der Waals surface area contributed by atoms with Crippen molar-refractivity contribution in [2.45, 2.75) is 32.8 Å². The van der Waals surface area contributed by atoms with Gasteiger partial charge < -0.3 is 24.7 Å². The number of aliphatic carboxylic acids is 1. The zero-order chi connectivity index (χ0) is 21.0. The molecule has 0 aliphatic heterocycles. The van der Waals surface area contributed by atoms with Crippen LogP contribution in [0.5, 0.6) is 11.5 Å². The molecule has 0 unspecified atom stereocenters. The maximum Gasteiger partial charge on any atom is 0.347 e. The first-order chi connectivity index (χ1) is 13.7. The van der Waals surface area contributed by atoms with Crippen molar-refractivity contribution < 1.29 is 23.8 Å². The molecular weight excluding hydrogens is 372 g/mol. The Morgan fingerprint density at radius 1 is 1.10 bits per heavy atom. The second-order valence-corrected chi connectivity index (χ2v) is 7.13. The standard InChI is InChI=1S/C22H24N2O5/c1-14-19(24-20(28-14)15-4-6-16(23)7-5-15)12-13-27-17-8-10-18(11-9-17)29-22(2,3)21(25)26/h4-11H,12-13,23H2,1-3H3,(H,25,26). The van der Waals surface area contributed by atoms with Gasteiger partial charge in [-0.2, -0.15) is 0 Å². The van der Waals surface area contributed by atoms with Gasteiger partial charge in [-0.3, -0.25) is 0 Å². The smallest absolute Gasteiger partial charge is 0.347 e. The van der Waals surface area contributed by atoms with E-state index in [0.717, 1.165) is 17.0 Å². The Balaban J connectivity index is 1.56. The lowest BCUT2D eigenvalue weighted by atomic mass is 10.1. The van der Waals surface area contributed by atoms with Crippen LogP contribution in [-0.4, -0.2) is 28.3 Å². The van der Waals surface area contributed by atoms with Crippen LogP contribution in [0.3, 0.4) is 0 Å². The molecule has 0 saturated heterocycles. The van der Waals surface area contributed by atoms with Gasteiger partial charge in [0.1, 0.15) is 17.3 Å². The summed E-state index contributed by atoms with van der Waals surface area (Å²) in [4.78, 5) is 15.7. The highest BCUT2D eigenvalue weighted by Gasteiger charge is 2.29. The molecule has 1 aromatic heterocycles. The van der Waals surface area contributed by atoms with E-state index in [2.05, 4.69) is 4.98 Å². The molecule has 0 atom stereocenters. The molecule has 0 amide bonds. The van der Waals surface area contributed by atoms with Crippen molar-refractivity contribution in [3.05, 3.63) is 60.0 Å². The van der Waals surface area contributed by atoms with E-state index in [-0.39, 0.29) is 0 Å². The number of rotatable bonds is 8. The number of carboxylic acid groups (broad SMARTS) is 1. The van der Waals surface area contributed by atoms with Crippen LogP contribution in [0, 0.1) is 6.92 Å². The molecule has 7 heteroatoms. The molecule has 1 heterocycles. The van der Waals surface area contributed by atoms with Gasteiger partial charge in [0.25, 0.3) is 0 Å². The van der Waals surface area contributed by atoms with Crippen LogP contribution >= 0.6 is 0 Å². The van der Waals surface area contributed by atoms with Crippen molar-refractivity contribution in [2.75, 3.05) is 12.3 Å². The van der Waals surface area contributed by atoms with E-state index in [4.69, 9.17) is 24.7 Å². The van der Waals surface area contributed by atoms with Gasteiger partial charge in [0.15, 0.2) is 5.60 Å². The molecule has 152 valence electrons. The highest BCUT2D eigenvalue weighted by atomic mass is 16.5. The number of aryl methyl sites for hydroxylation is 1. The summed E-state index contributed by atoms with van der Waals surface area (Å²) in [7, 11) is 0. The monoisotopic (exact) mass is 396 g/mol. The van der Waals surface area contributed by atoms with Crippen LogP contribution in [0.4, 0.5) is 5.69 Å². The van der Waals surface area contributed by atoms with Gasteiger partial charge in [-0.1, -0.05) is 0 Å². The first kappa shape index (κ1) is 20.3. The molecule has 0 bridgehead atoms. The summed E-state index contributed by atoms with van der Waals surface area (Å²) in [6.45, 7) is 5.30. The van der Waals surface area contributed by atoms with Gasteiger partial charge in [-0.05, 0) is 69.3 Å². The molecule has 0 aliphatic carbocycles. The second kappa shape index (κ2) is 8.26. The molecule has 0 radical (unpaired) electrons. The molecule has 3 N–H and O–H groups in total. The molecule has 0 fully saturated rings. The van der Waals surface area contributed by atoms with Gasteiger partial charge in [0.05, 0.1) is 12.3 Å². The molecule has 29 heavy (non-hydrogen) atoms. The van der Waals surface area contributed by atoms with Crippen LogP contribution in [0.25, 0.3) is 11.5 Å². The highest BCUT2D eigenvalue weighted by molar-refractivity contribution is 5.76. The van der Waals surface area contributed by atoms with Gasteiger partial charge in [0, 0.05) is 17.7 Å². The zero-order valence-electron chi connectivity index (χ0n) is 16.6. The van der Waals surface area contributed by atoms with Crippen molar-refractivity contribution in [3.63, 3.8) is 0 Å². The lowest BCUT2D eigenvalue weighted by Crippen LogP contribution is -2.37. The van der Waals surface area contributed by atoms with E-state index < -0.39 is 11.6 Å². The second-order valence-electron chi connectivity index (χ2n) is 7.13. The third-order valence-electron chi connectivity index (χ3n) is 4.37. The fourth-order valence-electron chi connectivity index (χ4n) is 2.62. The molecule has 3 aromatic rings. The van der Waals surface area contributed by atoms with E-state index >= 15 is 0 Å². The Hall–Kier alpha value is -3.48. The average molecular weight is 396 g/mol. The number of anilines is 1. The molecule has 3 rings (SSSR count). The van der Waals surface area contributed by atoms with E-state index in [9.17, 15) is 4.79 Å². The van der Waals surface area contributed by atoms with Crippen LogP contribution in [0.15, 0.2) is 52.9 Å². The first-order valence-electron chi connectivity index (χ1n) is 9.22. The van der Waals surface area contributed by atoms with E-state index in [1.165, 1.54) is 13.8 Å². The summed E-state index contributed by atoms with van der Waals surface area (Å²) >= 11 is 0. The number of hydrogen-bond acceptors (Lipinski definition) is 6. The summed E-state index contributed by atoms with van der Waals surface area (Å²) < 4.78 is 17.0. The van der Waals surface area contributed by atoms with Crippen LogP contribution < -0.4 is 15.2 Å².